The molecule has 2 aromatic rings. The summed E-state index contributed by atoms with van der Waals surface area (Å²) in [5.41, 5.74) is 2.99. The fraction of sp³-hybridized carbons (Fsp3) is 0.542. The molecule has 2 fully saturated rings. The first kappa shape index (κ1) is 19.3. The third kappa shape index (κ3) is 3.42. The van der Waals surface area contributed by atoms with E-state index in [1.807, 2.05) is 43.3 Å². The number of benzene rings is 1. The topological polar surface area (TPSA) is 67.2 Å². The molecule has 0 radical (unpaired) electrons. The van der Waals surface area contributed by atoms with Crippen LogP contribution in [0.5, 0.6) is 0 Å². The Labute approximate surface area is 177 Å². The van der Waals surface area contributed by atoms with Crippen molar-refractivity contribution in [3.8, 4) is 0 Å². The SMILES string of the molecule is Cc1cc(C)cc(C(=O)N2CCC3(CC2)CCn2ccnc2C3NC(=O)C2CC2)c1. The lowest BCUT2D eigenvalue weighted by atomic mass is 9.68. The van der Waals surface area contributed by atoms with Gasteiger partial charge >= 0.3 is 0 Å². The minimum Gasteiger partial charge on any atom is -0.345 e. The van der Waals surface area contributed by atoms with E-state index in [1.54, 1.807) is 0 Å². The number of likely N-dealkylation sites (tertiary alicyclic amines) is 1. The van der Waals surface area contributed by atoms with Gasteiger partial charge in [-0.25, -0.2) is 4.98 Å². The summed E-state index contributed by atoms with van der Waals surface area (Å²) in [7, 11) is 0. The fourth-order valence-corrected chi connectivity index (χ4v) is 5.33. The number of carbonyl (C=O) groups is 2. The molecule has 2 amide bonds. The van der Waals surface area contributed by atoms with Gasteiger partial charge in [0, 0.05) is 48.9 Å². The first-order chi connectivity index (χ1) is 14.4. The average molecular weight is 407 g/mol. The number of nitrogens with one attached hydrogen (secondary N) is 1. The molecule has 0 bridgehead atoms. The smallest absolute Gasteiger partial charge is 0.253 e. The largest absolute Gasteiger partial charge is 0.345 e. The van der Waals surface area contributed by atoms with Crippen LogP contribution in [0.2, 0.25) is 0 Å². The number of hydrogen-bond acceptors (Lipinski definition) is 3. The van der Waals surface area contributed by atoms with Gasteiger partial charge in [-0.15, -0.1) is 0 Å². The Balaban J connectivity index is 1.35. The van der Waals surface area contributed by atoms with Crippen molar-refractivity contribution in [3.63, 3.8) is 0 Å². The highest BCUT2D eigenvalue weighted by molar-refractivity contribution is 5.94. The van der Waals surface area contributed by atoms with Crippen LogP contribution in [0.15, 0.2) is 30.6 Å². The number of aryl methyl sites for hydroxylation is 3. The molecule has 5 rings (SSSR count). The monoisotopic (exact) mass is 406 g/mol. The molecule has 6 nitrogen and oxygen atoms in total. The van der Waals surface area contributed by atoms with Gasteiger partial charge in [0.2, 0.25) is 5.91 Å². The van der Waals surface area contributed by atoms with Crippen LogP contribution in [-0.4, -0.2) is 39.4 Å². The van der Waals surface area contributed by atoms with Crippen molar-refractivity contribution < 1.29 is 9.59 Å². The number of nitrogens with zero attached hydrogens (tertiary/aromatic N) is 3. The number of piperidine rings is 1. The van der Waals surface area contributed by atoms with E-state index in [0.717, 1.165) is 74.3 Å². The van der Waals surface area contributed by atoms with Crippen molar-refractivity contribution in [1.29, 1.82) is 0 Å². The Morgan fingerprint density at radius 2 is 1.70 bits per heavy atom. The van der Waals surface area contributed by atoms with Gasteiger partial charge in [0.1, 0.15) is 5.82 Å². The average Bonchev–Trinajstić information content (AvgIpc) is 3.47. The summed E-state index contributed by atoms with van der Waals surface area (Å²) in [4.78, 5) is 32.4. The lowest BCUT2D eigenvalue weighted by molar-refractivity contribution is -0.125. The molecule has 1 aliphatic carbocycles. The molecule has 3 heterocycles. The van der Waals surface area contributed by atoms with Gasteiger partial charge in [0.15, 0.2) is 0 Å². The van der Waals surface area contributed by atoms with Gasteiger partial charge in [0.05, 0.1) is 6.04 Å². The summed E-state index contributed by atoms with van der Waals surface area (Å²) >= 11 is 0. The van der Waals surface area contributed by atoms with Gasteiger partial charge in [-0.2, -0.15) is 0 Å². The zero-order valence-electron chi connectivity index (χ0n) is 17.9. The van der Waals surface area contributed by atoms with Gasteiger partial charge in [-0.1, -0.05) is 17.2 Å². The Bertz CT molecular complexity index is 963. The van der Waals surface area contributed by atoms with Crippen LogP contribution in [-0.2, 0) is 11.3 Å². The highest BCUT2D eigenvalue weighted by Gasteiger charge is 2.48. The molecule has 1 atom stereocenters. The second-order valence-electron chi connectivity index (χ2n) is 9.48. The third-order valence-corrected chi connectivity index (χ3v) is 7.22. The number of aromatic nitrogens is 2. The Hall–Kier alpha value is -2.63. The maximum atomic E-state index is 13.1. The van der Waals surface area contributed by atoms with Gasteiger partial charge < -0.3 is 14.8 Å². The van der Waals surface area contributed by atoms with Crippen molar-refractivity contribution in [2.24, 2.45) is 11.3 Å². The van der Waals surface area contributed by atoms with Crippen molar-refractivity contribution in [1.82, 2.24) is 19.8 Å². The van der Waals surface area contributed by atoms with Crippen LogP contribution in [0.1, 0.15) is 65.5 Å². The zero-order valence-corrected chi connectivity index (χ0v) is 17.9. The predicted octanol–water partition coefficient (Wildman–Crippen LogP) is 3.39. The molecule has 1 saturated heterocycles. The summed E-state index contributed by atoms with van der Waals surface area (Å²) < 4.78 is 2.18. The van der Waals surface area contributed by atoms with E-state index < -0.39 is 0 Å². The van der Waals surface area contributed by atoms with Crippen LogP contribution >= 0.6 is 0 Å². The van der Waals surface area contributed by atoms with E-state index in [4.69, 9.17) is 0 Å². The highest BCUT2D eigenvalue weighted by Crippen LogP contribution is 2.49. The summed E-state index contributed by atoms with van der Waals surface area (Å²) in [6.07, 6.45) is 8.65. The normalized spacial score (nSPS) is 22.6. The van der Waals surface area contributed by atoms with Crippen LogP contribution in [0.4, 0.5) is 0 Å². The predicted molar refractivity (Wildman–Crippen MR) is 114 cm³/mol. The summed E-state index contributed by atoms with van der Waals surface area (Å²) in [5, 5.41) is 3.35. The number of amides is 2. The molecule has 158 valence electrons. The third-order valence-electron chi connectivity index (χ3n) is 7.22. The van der Waals surface area contributed by atoms with Crippen molar-refractivity contribution in [2.75, 3.05) is 13.1 Å². The fourth-order valence-electron chi connectivity index (χ4n) is 5.33. The molecule has 1 saturated carbocycles. The van der Waals surface area contributed by atoms with Gasteiger partial charge in [-0.3, -0.25) is 9.59 Å². The molecule has 1 aromatic carbocycles. The number of carbonyl (C=O) groups excluding carboxylic acids is 2. The van der Waals surface area contributed by atoms with E-state index >= 15 is 0 Å². The van der Waals surface area contributed by atoms with Gasteiger partial charge in [-0.05, 0) is 58.1 Å². The molecule has 3 aliphatic rings. The van der Waals surface area contributed by atoms with Crippen LogP contribution in [0.3, 0.4) is 0 Å². The van der Waals surface area contributed by atoms with Crippen molar-refractivity contribution in [2.45, 2.75) is 58.5 Å². The molecule has 6 heteroatoms. The van der Waals surface area contributed by atoms with Gasteiger partial charge in [0.25, 0.3) is 5.91 Å². The van der Waals surface area contributed by atoms with Crippen LogP contribution in [0.25, 0.3) is 0 Å². The number of hydrogen-bond donors (Lipinski definition) is 1. The molecule has 1 spiro atoms. The van der Waals surface area contributed by atoms with E-state index in [2.05, 4.69) is 20.9 Å². The second-order valence-corrected chi connectivity index (χ2v) is 9.48. The summed E-state index contributed by atoms with van der Waals surface area (Å²) in [5.74, 6) is 1.44. The summed E-state index contributed by atoms with van der Waals surface area (Å²) in [6.45, 7) is 6.44. The first-order valence-electron chi connectivity index (χ1n) is 11.1. The van der Waals surface area contributed by atoms with Crippen molar-refractivity contribution in [3.05, 3.63) is 53.1 Å². The Morgan fingerprint density at radius 1 is 1.03 bits per heavy atom. The molecule has 2 aliphatic heterocycles. The first-order valence-corrected chi connectivity index (χ1v) is 11.1. The summed E-state index contributed by atoms with van der Waals surface area (Å²) in [6, 6.07) is 6.00. The molecule has 1 aromatic heterocycles. The van der Waals surface area contributed by atoms with Crippen LogP contribution < -0.4 is 5.32 Å². The van der Waals surface area contributed by atoms with Crippen molar-refractivity contribution >= 4 is 11.8 Å². The Kier molecular flexibility index (Phi) is 4.68. The highest BCUT2D eigenvalue weighted by atomic mass is 16.2. The maximum Gasteiger partial charge on any atom is 0.253 e. The van der Waals surface area contributed by atoms with E-state index in [-0.39, 0.29) is 29.2 Å². The molecule has 1 unspecified atom stereocenters. The standard InChI is InChI=1S/C24H30N4O2/c1-16-13-17(2)15-19(14-16)23(30)28-10-6-24(7-11-28)5-9-27-12-8-25-21(27)20(24)26-22(29)18-3-4-18/h8,12-15,18,20H,3-7,9-11H2,1-2H3,(H,26,29). The number of rotatable bonds is 3. The number of imidazole rings is 1. The van der Waals surface area contributed by atoms with Crippen LogP contribution in [0, 0.1) is 25.2 Å². The Morgan fingerprint density at radius 3 is 2.37 bits per heavy atom. The zero-order chi connectivity index (χ0) is 20.9. The van der Waals surface area contributed by atoms with E-state index in [0.29, 0.717) is 0 Å². The second kappa shape index (κ2) is 7.25. The minimum absolute atomic E-state index is 0.0226. The lowest BCUT2D eigenvalue weighted by Gasteiger charge is -2.49. The van der Waals surface area contributed by atoms with E-state index in [1.165, 1.54) is 0 Å². The molecular weight excluding hydrogens is 376 g/mol. The lowest BCUT2D eigenvalue weighted by Crippen LogP contribution is -2.52. The molecular formula is C24H30N4O2. The molecule has 30 heavy (non-hydrogen) atoms. The molecule has 1 N–H and O–H groups in total. The quantitative estimate of drug-likeness (QED) is 0.850. The van der Waals surface area contributed by atoms with E-state index in [9.17, 15) is 9.59 Å². The number of fused-ring (bicyclic) bond motifs is 1. The minimum atomic E-state index is -0.0622. The maximum absolute atomic E-state index is 13.1.